The third kappa shape index (κ3) is 3.53. The molecule has 1 aromatic heterocycles. The van der Waals surface area contributed by atoms with Crippen molar-refractivity contribution in [1.82, 2.24) is 9.55 Å². The van der Waals surface area contributed by atoms with Crippen molar-refractivity contribution >= 4 is 15.9 Å². The molecule has 1 aromatic carbocycles. The molecule has 0 N–H and O–H groups in total. The van der Waals surface area contributed by atoms with Gasteiger partial charge in [0.2, 0.25) is 0 Å². The van der Waals surface area contributed by atoms with E-state index in [-0.39, 0.29) is 5.56 Å². The lowest BCUT2D eigenvalue weighted by Crippen LogP contribution is -2.22. The molecule has 0 aliphatic heterocycles. The predicted molar refractivity (Wildman–Crippen MR) is 80.3 cm³/mol. The van der Waals surface area contributed by atoms with E-state index in [9.17, 15) is 4.79 Å². The molecule has 0 saturated heterocycles. The van der Waals surface area contributed by atoms with Gasteiger partial charge in [-0.25, -0.2) is 4.98 Å². The largest absolute Gasteiger partial charge is 0.298 e. The van der Waals surface area contributed by atoms with Crippen molar-refractivity contribution < 1.29 is 0 Å². The predicted octanol–water partition coefficient (Wildman–Crippen LogP) is 3.20. The summed E-state index contributed by atoms with van der Waals surface area (Å²) in [4.78, 5) is 16.5. The summed E-state index contributed by atoms with van der Waals surface area (Å²) in [6.07, 6.45) is 4.24. The van der Waals surface area contributed by atoms with E-state index in [1.165, 1.54) is 5.56 Å². The van der Waals surface area contributed by atoms with Gasteiger partial charge in [0.1, 0.15) is 4.47 Å². The Labute approximate surface area is 121 Å². The van der Waals surface area contributed by atoms with Gasteiger partial charge < -0.3 is 0 Å². The van der Waals surface area contributed by atoms with Crippen LogP contribution in [0, 0.1) is 0 Å². The van der Waals surface area contributed by atoms with Gasteiger partial charge in [-0.15, -0.1) is 0 Å². The van der Waals surface area contributed by atoms with Crippen molar-refractivity contribution in [2.75, 3.05) is 0 Å². The minimum absolute atomic E-state index is 0.0138. The van der Waals surface area contributed by atoms with E-state index in [0.29, 0.717) is 11.0 Å². The first-order valence-electron chi connectivity index (χ1n) is 6.50. The van der Waals surface area contributed by atoms with Gasteiger partial charge >= 0.3 is 0 Å². The molecule has 3 nitrogen and oxygen atoms in total. The summed E-state index contributed by atoms with van der Waals surface area (Å²) in [6.45, 7) is 2.76. The molecule has 0 bridgehead atoms. The lowest BCUT2D eigenvalue weighted by Gasteiger charge is -2.07. The number of halogens is 1. The minimum atomic E-state index is 0.0138. The fraction of sp³-hybridized carbons (Fsp3) is 0.333. The molecule has 0 spiro atoms. The van der Waals surface area contributed by atoms with Crippen molar-refractivity contribution in [3.63, 3.8) is 0 Å². The Morgan fingerprint density at radius 2 is 1.95 bits per heavy atom. The molecule has 0 aliphatic carbocycles. The van der Waals surface area contributed by atoms with Gasteiger partial charge in [-0.1, -0.05) is 37.3 Å². The molecule has 2 aromatic rings. The first-order valence-corrected chi connectivity index (χ1v) is 7.29. The molecule has 0 radical (unpaired) electrons. The Morgan fingerprint density at radius 3 is 2.63 bits per heavy atom. The summed E-state index contributed by atoms with van der Waals surface area (Å²) in [6, 6.07) is 10.2. The molecule has 0 atom stereocenters. The topological polar surface area (TPSA) is 34.9 Å². The third-order valence-electron chi connectivity index (χ3n) is 3.01. The molecule has 1 heterocycles. The van der Waals surface area contributed by atoms with Gasteiger partial charge in [0.05, 0.1) is 12.0 Å². The van der Waals surface area contributed by atoms with Crippen LogP contribution in [0.2, 0.25) is 0 Å². The zero-order valence-corrected chi connectivity index (χ0v) is 12.6. The number of nitrogens with zero attached hydrogens (tertiary/aromatic N) is 2. The average molecular weight is 321 g/mol. The fourth-order valence-electron chi connectivity index (χ4n) is 1.98. The molecule has 100 valence electrons. The Balaban J connectivity index is 2.13. The van der Waals surface area contributed by atoms with Crippen LogP contribution >= 0.6 is 15.9 Å². The Bertz CT molecular complexity index is 593. The first kappa shape index (κ1) is 14.0. The van der Waals surface area contributed by atoms with E-state index in [1.807, 2.05) is 25.1 Å². The van der Waals surface area contributed by atoms with E-state index < -0.39 is 0 Å². The summed E-state index contributed by atoms with van der Waals surface area (Å²) in [5.41, 5.74) is 2.11. The second kappa shape index (κ2) is 6.66. The van der Waals surface area contributed by atoms with Gasteiger partial charge in [-0.05, 0) is 40.8 Å². The second-order valence-corrected chi connectivity index (χ2v) is 5.28. The SMILES string of the molecule is CCCn1cnc(CCc2ccccc2)c(Br)c1=O. The number of aryl methyl sites for hydroxylation is 3. The lowest BCUT2D eigenvalue weighted by atomic mass is 10.1. The van der Waals surface area contributed by atoms with Crippen LogP contribution in [0.15, 0.2) is 45.9 Å². The standard InChI is InChI=1S/C15H17BrN2O/c1-2-10-18-11-17-13(14(16)15(18)19)9-8-12-6-4-3-5-7-12/h3-7,11H,2,8-10H2,1H3. The number of hydrogen-bond acceptors (Lipinski definition) is 2. The molecule has 4 heteroatoms. The van der Waals surface area contributed by atoms with Crippen LogP contribution in [0.1, 0.15) is 24.6 Å². The third-order valence-corrected chi connectivity index (χ3v) is 3.81. The summed E-state index contributed by atoms with van der Waals surface area (Å²) < 4.78 is 2.25. The Morgan fingerprint density at radius 1 is 1.21 bits per heavy atom. The smallest absolute Gasteiger partial charge is 0.267 e. The molecule has 0 saturated carbocycles. The number of hydrogen-bond donors (Lipinski definition) is 0. The van der Waals surface area contributed by atoms with Gasteiger partial charge in [0.15, 0.2) is 0 Å². The lowest BCUT2D eigenvalue weighted by molar-refractivity contribution is 0.630. The molecule has 0 aliphatic rings. The summed E-state index contributed by atoms with van der Waals surface area (Å²) in [5, 5.41) is 0. The summed E-state index contributed by atoms with van der Waals surface area (Å²) in [7, 11) is 0. The number of aromatic nitrogens is 2. The van der Waals surface area contributed by atoms with Gasteiger partial charge in [-0.3, -0.25) is 9.36 Å². The summed E-state index contributed by atoms with van der Waals surface area (Å²) in [5.74, 6) is 0. The van der Waals surface area contributed by atoms with E-state index in [1.54, 1.807) is 10.9 Å². The van der Waals surface area contributed by atoms with Crippen molar-refractivity contribution in [1.29, 1.82) is 0 Å². The number of rotatable bonds is 5. The molecular weight excluding hydrogens is 304 g/mol. The van der Waals surface area contributed by atoms with Crippen LogP contribution < -0.4 is 5.56 Å². The average Bonchev–Trinajstić information content (AvgIpc) is 2.44. The van der Waals surface area contributed by atoms with Gasteiger partial charge in [0.25, 0.3) is 5.56 Å². The maximum atomic E-state index is 12.1. The van der Waals surface area contributed by atoms with E-state index >= 15 is 0 Å². The fourth-order valence-corrected chi connectivity index (χ4v) is 2.51. The van der Waals surface area contributed by atoms with Crippen LogP contribution in [0.5, 0.6) is 0 Å². The van der Waals surface area contributed by atoms with Crippen LogP contribution in [0.3, 0.4) is 0 Å². The maximum Gasteiger partial charge on any atom is 0.267 e. The quantitative estimate of drug-likeness (QED) is 0.848. The van der Waals surface area contributed by atoms with Crippen molar-refractivity contribution in [2.24, 2.45) is 0 Å². The highest BCUT2D eigenvalue weighted by molar-refractivity contribution is 9.10. The molecule has 2 rings (SSSR count). The maximum absolute atomic E-state index is 12.1. The zero-order valence-electron chi connectivity index (χ0n) is 11.0. The van der Waals surface area contributed by atoms with Gasteiger partial charge in [0, 0.05) is 6.54 Å². The summed E-state index contributed by atoms with van der Waals surface area (Å²) >= 11 is 3.38. The monoisotopic (exact) mass is 320 g/mol. The van der Waals surface area contributed by atoms with Gasteiger partial charge in [-0.2, -0.15) is 0 Å². The number of benzene rings is 1. The molecule has 0 amide bonds. The molecular formula is C15H17BrN2O. The molecule has 0 unspecified atom stereocenters. The second-order valence-electron chi connectivity index (χ2n) is 4.49. The highest BCUT2D eigenvalue weighted by Crippen LogP contribution is 2.12. The van der Waals surface area contributed by atoms with E-state index in [2.05, 4.69) is 33.0 Å². The van der Waals surface area contributed by atoms with Crippen LogP contribution in [0.25, 0.3) is 0 Å². The van der Waals surface area contributed by atoms with Crippen LogP contribution in [0.4, 0.5) is 0 Å². The normalized spacial score (nSPS) is 10.6. The van der Waals surface area contributed by atoms with Crippen LogP contribution in [-0.4, -0.2) is 9.55 Å². The zero-order chi connectivity index (χ0) is 13.7. The Hall–Kier alpha value is -1.42. The highest BCUT2D eigenvalue weighted by Gasteiger charge is 2.08. The van der Waals surface area contributed by atoms with Crippen molar-refractivity contribution in [2.45, 2.75) is 32.7 Å². The first-order chi connectivity index (χ1) is 9.22. The highest BCUT2D eigenvalue weighted by atomic mass is 79.9. The molecule has 0 fully saturated rings. The Kier molecular flexibility index (Phi) is 4.91. The van der Waals surface area contributed by atoms with Crippen molar-refractivity contribution in [3.05, 3.63) is 62.7 Å². The van der Waals surface area contributed by atoms with Crippen LogP contribution in [-0.2, 0) is 19.4 Å². The van der Waals surface area contributed by atoms with E-state index in [0.717, 1.165) is 25.0 Å². The van der Waals surface area contributed by atoms with E-state index in [4.69, 9.17) is 0 Å². The minimum Gasteiger partial charge on any atom is -0.298 e. The molecule has 19 heavy (non-hydrogen) atoms. The van der Waals surface area contributed by atoms with Crippen molar-refractivity contribution in [3.8, 4) is 0 Å².